The Hall–Kier alpha value is -2.20. The lowest BCUT2D eigenvalue weighted by atomic mass is 9.90. The molecule has 0 amide bonds. The van der Waals surface area contributed by atoms with Gasteiger partial charge in [0.25, 0.3) is 0 Å². The van der Waals surface area contributed by atoms with E-state index in [4.69, 9.17) is 4.74 Å². The van der Waals surface area contributed by atoms with Gasteiger partial charge in [-0.05, 0) is 35.2 Å². The zero-order valence-corrected chi connectivity index (χ0v) is 15.2. The summed E-state index contributed by atoms with van der Waals surface area (Å²) in [5, 5.41) is 3.52. The van der Waals surface area contributed by atoms with E-state index in [2.05, 4.69) is 52.4 Å². The van der Waals surface area contributed by atoms with Crippen molar-refractivity contribution in [3.63, 3.8) is 0 Å². The summed E-state index contributed by atoms with van der Waals surface area (Å²) in [7, 11) is 1.75. The van der Waals surface area contributed by atoms with Crippen LogP contribution in [0.25, 0.3) is 0 Å². The van der Waals surface area contributed by atoms with E-state index in [1.54, 1.807) is 12.7 Å². The van der Waals surface area contributed by atoms with Gasteiger partial charge in [0.05, 0.1) is 12.8 Å². The Balaban J connectivity index is 1.53. The van der Waals surface area contributed by atoms with E-state index in [-0.39, 0.29) is 0 Å². The lowest BCUT2D eigenvalue weighted by Crippen LogP contribution is -2.47. The highest BCUT2D eigenvalue weighted by molar-refractivity contribution is 5.62. The summed E-state index contributed by atoms with van der Waals surface area (Å²) in [4.78, 5) is 5.00. The molecule has 1 atom stereocenters. The topological polar surface area (TPSA) is 27.7 Å². The predicted molar refractivity (Wildman–Crippen MR) is 104 cm³/mol. The van der Waals surface area contributed by atoms with Crippen LogP contribution >= 0.6 is 0 Å². The average molecular weight is 337 g/mol. The predicted octanol–water partition coefficient (Wildman–Crippen LogP) is 3.23. The molecule has 4 nitrogen and oxygen atoms in total. The van der Waals surface area contributed by atoms with E-state index in [0.29, 0.717) is 5.92 Å². The highest BCUT2D eigenvalue weighted by atomic mass is 16.5. The van der Waals surface area contributed by atoms with Gasteiger partial charge in [-0.3, -0.25) is 0 Å². The van der Waals surface area contributed by atoms with Crippen molar-refractivity contribution >= 4 is 11.4 Å². The number of methoxy groups -OCH3 is 1. The zero-order valence-electron chi connectivity index (χ0n) is 15.2. The summed E-state index contributed by atoms with van der Waals surface area (Å²) in [6, 6.07) is 15.1. The van der Waals surface area contributed by atoms with Gasteiger partial charge in [0.1, 0.15) is 5.75 Å². The molecule has 1 unspecified atom stereocenters. The first-order valence-electron chi connectivity index (χ1n) is 9.23. The van der Waals surface area contributed by atoms with E-state index >= 15 is 0 Å². The van der Waals surface area contributed by atoms with Crippen molar-refractivity contribution in [1.29, 1.82) is 0 Å². The molecule has 25 heavy (non-hydrogen) atoms. The molecule has 0 saturated carbocycles. The third-order valence-corrected chi connectivity index (χ3v) is 5.48. The molecule has 2 aliphatic rings. The molecule has 4 heteroatoms. The monoisotopic (exact) mass is 337 g/mol. The number of hydrogen-bond acceptors (Lipinski definition) is 4. The Morgan fingerprint density at radius 2 is 1.60 bits per heavy atom. The maximum Gasteiger partial charge on any atom is 0.142 e. The number of nitrogens with one attached hydrogen (secondary N) is 1. The van der Waals surface area contributed by atoms with Crippen LogP contribution < -0.4 is 19.9 Å². The Bertz CT molecular complexity index is 738. The third kappa shape index (κ3) is 3.07. The van der Waals surface area contributed by atoms with Gasteiger partial charge in [-0.15, -0.1) is 0 Å². The standard InChI is InChI=1S/C21H27N3O/c1-16-14-22-15-17-6-5-8-19(21(16)17)24-12-10-23(11-13-24)18-7-3-4-9-20(18)25-2/h3-9,16,22H,10-15H2,1-2H3. The minimum atomic E-state index is 0.576. The number of hydrogen-bond donors (Lipinski definition) is 1. The highest BCUT2D eigenvalue weighted by Gasteiger charge is 2.25. The van der Waals surface area contributed by atoms with Crippen molar-refractivity contribution < 1.29 is 4.74 Å². The van der Waals surface area contributed by atoms with Crippen LogP contribution in [-0.4, -0.2) is 39.8 Å². The molecule has 2 heterocycles. The molecule has 0 bridgehead atoms. The minimum Gasteiger partial charge on any atom is -0.495 e. The Kier molecular flexibility index (Phi) is 4.53. The second-order valence-electron chi connectivity index (χ2n) is 7.03. The normalized spacial score (nSPS) is 20.3. The lowest BCUT2D eigenvalue weighted by Gasteiger charge is -2.40. The molecular weight excluding hydrogens is 310 g/mol. The van der Waals surface area contributed by atoms with E-state index in [1.807, 2.05) is 12.1 Å². The Morgan fingerprint density at radius 1 is 0.920 bits per heavy atom. The van der Waals surface area contributed by atoms with Gasteiger partial charge in [-0.25, -0.2) is 0 Å². The first-order valence-corrected chi connectivity index (χ1v) is 9.23. The smallest absolute Gasteiger partial charge is 0.142 e. The summed E-state index contributed by atoms with van der Waals surface area (Å²) in [5.41, 5.74) is 5.65. The number of rotatable bonds is 3. The Morgan fingerprint density at radius 3 is 2.36 bits per heavy atom. The van der Waals surface area contributed by atoms with E-state index in [1.165, 1.54) is 16.9 Å². The van der Waals surface area contributed by atoms with Crippen LogP contribution in [0, 0.1) is 0 Å². The number of nitrogens with zero attached hydrogens (tertiary/aromatic N) is 2. The van der Waals surface area contributed by atoms with Gasteiger partial charge < -0.3 is 19.9 Å². The SMILES string of the molecule is COc1ccccc1N1CCN(c2cccc3c2C(C)CNC3)CC1. The van der Waals surface area contributed by atoms with Gasteiger partial charge in [-0.2, -0.15) is 0 Å². The molecule has 0 aliphatic carbocycles. The van der Waals surface area contributed by atoms with Crippen LogP contribution in [0.4, 0.5) is 11.4 Å². The minimum absolute atomic E-state index is 0.576. The number of para-hydroxylation sites is 2. The molecule has 2 aromatic carbocycles. The average Bonchev–Trinajstić information content (AvgIpc) is 2.68. The first-order chi connectivity index (χ1) is 12.3. The molecule has 0 aromatic heterocycles. The van der Waals surface area contributed by atoms with Gasteiger partial charge in [0.2, 0.25) is 0 Å². The molecule has 0 radical (unpaired) electrons. The van der Waals surface area contributed by atoms with Crippen molar-refractivity contribution in [2.24, 2.45) is 0 Å². The fourth-order valence-corrected chi connectivity index (χ4v) is 4.20. The molecule has 4 rings (SSSR count). The van der Waals surface area contributed by atoms with Crippen LogP contribution in [0.1, 0.15) is 24.0 Å². The van der Waals surface area contributed by atoms with Gasteiger partial charge in [0.15, 0.2) is 0 Å². The van der Waals surface area contributed by atoms with E-state index in [9.17, 15) is 0 Å². The van der Waals surface area contributed by atoms with E-state index in [0.717, 1.165) is 45.0 Å². The third-order valence-electron chi connectivity index (χ3n) is 5.48. The molecule has 132 valence electrons. The highest BCUT2D eigenvalue weighted by Crippen LogP contribution is 2.35. The van der Waals surface area contributed by atoms with Crippen molar-refractivity contribution in [1.82, 2.24) is 5.32 Å². The number of anilines is 2. The molecule has 1 N–H and O–H groups in total. The maximum atomic E-state index is 5.54. The Labute approximate surface area is 150 Å². The summed E-state index contributed by atoms with van der Waals surface area (Å²) in [6.07, 6.45) is 0. The van der Waals surface area contributed by atoms with Crippen LogP contribution in [0.3, 0.4) is 0 Å². The lowest BCUT2D eigenvalue weighted by molar-refractivity contribution is 0.413. The van der Waals surface area contributed by atoms with Crippen molar-refractivity contribution in [2.45, 2.75) is 19.4 Å². The molecule has 1 fully saturated rings. The van der Waals surface area contributed by atoms with Crippen molar-refractivity contribution in [3.05, 3.63) is 53.6 Å². The maximum absolute atomic E-state index is 5.54. The van der Waals surface area contributed by atoms with Gasteiger partial charge >= 0.3 is 0 Å². The molecule has 0 spiro atoms. The van der Waals surface area contributed by atoms with Crippen LogP contribution in [0.15, 0.2) is 42.5 Å². The summed E-state index contributed by atoms with van der Waals surface area (Å²) in [6.45, 7) is 8.55. The zero-order chi connectivity index (χ0) is 17.2. The fourth-order valence-electron chi connectivity index (χ4n) is 4.20. The van der Waals surface area contributed by atoms with Crippen LogP contribution in [-0.2, 0) is 6.54 Å². The number of benzene rings is 2. The number of piperazine rings is 1. The summed E-state index contributed by atoms with van der Waals surface area (Å²) >= 11 is 0. The largest absolute Gasteiger partial charge is 0.495 e. The van der Waals surface area contributed by atoms with Crippen molar-refractivity contribution in [2.75, 3.05) is 49.6 Å². The first kappa shape index (κ1) is 16.3. The number of fused-ring (bicyclic) bond motifs is 1. The second kappa shape index (κ2) is 6.96. The quantitative estimate of drug-likeness (QED) is 0.931. The molecular formula is C21H27N3O. The fraction of sp³-hybridized carbons (Fsp3) is 0.429. The van der Waals surface area contributed by atoms with Crippen molar-refractivity contribution in [3.8, 4) is 5.75 Å². The number of ether oxygens (including phenoxy) is 1. The summed E-state index contributed by atoms with van der Waals surface area (Å²) in [5.74, 6) is 1.54. The molecule has 2 aliphatic heterocycles. The van der Waals surface area contributed by atoms with Gasteiger partial charge in [0, 0.05) is 45.0 Å². The van der Waals surface area contributed by atoms with E-state index < -0.39 is 0 Å². The van der Waals surface area contributed by atoms with Crippen LogP contribution in [0.2, 0.25) is 0 Å². The second-order valence-corrected chi connectivity index (χ2v) is 7.03. The van der Waals surface area contributed by atoms with Crippen LogP contribution in [0.5, 0.6) is 5.75 Å². The molecule has 1 saturated heterocycles. The van der Waals surface area contributed by atoms with Gasteiger partial charge in [-0.1, -0.05) is 31.2 Å². The summed E-state index contributed by atoms with van der Waals surface area (Å²) < 4.78 is 5.54. The molecule has 2 aromatic rings.